The molecule has 3 rings (SSSR count). The van der Waals surface area contributed by atoms with E-state index in [1.54, 1.807) is 0 Å². The molecule has 1 aliphatic heterocycles. The van der Waals surface area contributed by atoms with Crippen molar-refractivity contribution in [3.63, 3.8) is 0 Å². The molecule has 4 heteroatoms. The molecule has 0 aliphatic carbocycles. The average molecular weight is 311 g/mol. The molecule has 0 saturated carbocycles. The molecule has 2 aromatic carbocycles. The third kappa shape index (κ3) is 3.71. The highest BCUT2D eigenvalue weighted by molar-refractivity contribution is 5.69. The Kier molecular flexibility index (Phi) is 4.63. The summed E-state index contributed by atoms with van der Waals surface area (Å²) in [4.78, 5) is 11.2. The van der Waals surface area contributed by atoms with Gasteiger partial charge in [0.1, 0.15) is 12.4 Å². The summed E-state index contributed by atoms with van der Waals surface area (Å²) >= 11 is 0. The van der Waals surface area contributed by atoms with E-state index >= 15 is 0 Å². The zero-order valence-electron chi connectivity index (χ0n) is 13.0. The van der Waals surface area contributed by atoms with E-state index in [9.17, 15) is 9.90 Å². The van der Waals surface area contributed by atoms with Crippen molar-refractivity contribution in [3.05, 3.63) is 65.7 Å². The highest BCUT2D eigenvalue weighted by atomic mass is 16.5. The molecule has 1 aliphatic rings. The summed E-state index contributed by atoms with van der Waals surface area (Å²) in [6, 6.07) is 17.9. The highest BCUT2D eigenvalue weighted by Crippen LogP contribution is 2.35. The Morgan fingerprint density at radius 1 is 1.13 bits per heavy atom. The number of carbonyl (C=O) groups is 1. The van der Waals surface area contributed by atoms with Crippen molar-refractivity contribution < 1.29 is 14.6 Å². The minimum absolute atomic E-state index is 0.157. The monoisotopic (exact) mass is 311 g/mol. The summed E-state index contributed by atoms with van der Waals surface area (Å²) in [5.74, 6) is 0.0483. The first-order valence-electron chi connectivity index (χ1n) is 7.88. The van der Waals surface area contributed by atoms with Crippen molar-refractivity contribution in [2.24, 2.45) is 0 Å². The molecular formula is C19H21NO3. The van der Waals surface area contributed by atoms with Crippen molar-refractivity contribution in [1.82, 2.24) is 5.32 Å². The zero-order chi connectivity index (χ0) is 16.1. The summed E-state index contributed by atoms with van der Waals surface area (Å²) < 4.78 is 5.79. The number of ether oxygens (including phenoxy) is 1. The topological polar surface area (TPSA) is 58.6 Å². The minimum Gasteiger partial charge on any atom is -0.489 e. The van der Waals surface area contributed by atoms with Gasteiger partial charge in [0.2, 0.25) is 0 Å². The molecule has 1 heterocycles. The van der Waals surface area contributed by atoms with Crippen LogP contribution in [0, 0.1) is 0 Å². The fourth-order valence-corrected chi connectivity index (χ4v) is 3.18. The molecule has 0 bridgehead atoms. The van der Waals surface area contributed by atoms with Gasteiger partial charge in [-0.15, -0.1) is 0 Å². The van der Waals surface area contributed by atoms with Gasteiger partial charge in [0.15, 0.2) is 0 Å². The summed E-state index contributed by atoms with van der Waals surface area (Å²) in [5.41, 5.74) is 1.89. The number of aliphatic carboxylic acids is 1. The van der Waals surface area contributed by atoms with Crippen molar-refractivity contribution in [2.75, 3.05) is 13.1 Å². The van der Waals surface area contributed by atoms with Gasteiger partial charge in [0.05, 0.1) is 6.42 Å². The number of hydrogen-bond acceptors (Lipinski definition) is 3. The number of carboxylic acid groups (broad SMARTS) is 1. The lowest BCUT2D eigenvalue weighted by atomic mass is 9.77. The lowest BCUT2D eigenvalue weighted by molar-refractivity contribution is -0.138. The summed E-state index contributed by atoms with van der Waals surface area (Å²) in [7, 11) is 0. The van der Waals surface area contributed by atoms with Crippen LogP contribution in [0.3, 0.4) is 0 Å². The maximum Gasteiger partial charge on any atom is 0.304 e. The molecule has 0 amide bonds. The first-order chi connectivity index (χ1) is 11.2. The van der Waals surface area contributed by atoms with E-state index in [-0.39, 0.29) is 11.8 Å². The van der Waals surface area contributed by atoms with Gasteiger partial charge in [0.25, 0.3) is 0 Å². The number of nitrogens with one attached hydrogen (secondary N) is 1. The number of hydrogen-bond donors (Lipinski definition) is 2. The van der Waals surface area contributed by atoms with Crippen LogP contribution in [0.2, 0.25) is 0 Å². The fraction of sp³-hybridized carbons (Fsp3) is 0.316. The van der Waals surface area contributed by atoms with Gasteiger partial charge in [-0.3, -0.25) is 4.79 Å². The lowest BCUT2D eigenvalue weighted by Gasteiger charge is -2.27. The van der Waals surface area contributed by atoms with Gasteiger partial charge in [-0.25, -0.2) is 0 Å². The predicted molar refractivity (Wildman–Crippen MR) is 88.6 cm³/mol. The Labute approximate surface area is 136 Å². The second-order valence-electron chi connectivity index (χ2n) is 6.08. The normalized spacial score (nSPS) is 20.3. The smallest absolute Gasteiger partial charge is 0.304 e. The second-order valence-corrected chi connectivity index (χ2v) is 6.08. The second kappa shape index (κ2) is 6.84. The van der Waals surface area contributed by atoms with Gasteiger partial charge in [0, 0.05) is 12.0 Å². The van der Waals surface area contributed by atoms with Crippen LogP contribution in [0.1, 0.15) is 24.0 Å². The molecule has 0 aromatic heterocycles. The van der Waals surface area contributed by atoms with Crippen LogP contribution in [-0.2, 0) is 16.8 Å². The average Bonchev–Trinajstić information content (AvgIpc) is 3.03. The standard InChI is InChI=1S/C19H21NO3/c21-18(22)12-19(10-11-20-14-19)16-6-8-17(9-7-16)23-13-15-4-2-1-3-5-15/h1-9,20H,10-14H2,(H,21,22). The molecule has 1 unspecified atom stereocenters. The van der Waals surface area contributed by atoms with Gasteiger partial charge in [-0.05, 0) is 36.2 Å². The van der Waals surface area contributed by atoms with Gasteiger partial charge < -0.3 is 15.2 Å². The molecule has 1 fully saturated rings. The van der Waals surface area contributed by atoms with E-state index in [2.05, 4.69) is 5.32 Å². The van der Waals surface area contributed by atoms with Gasteiger partial charge in [-0.2, -0.15) is 0 Å². The maximum atomic E-state index is 11.2. The molecule has 23 heavy (non-hydrogen) atoms. The molecule has 1 atom stereocenters. The maximum absolute atomic E-state index is 11.2. The van der Waals surface area contributed by atoms with Crippen LogP contribution >= 0.6 is 0 Å². The molecule has 0 spiro atoms. The Bertz CT molecular complexity index is 646. The van der Waals surface area contributed by atoms with Crippen molar-refractivity contribution >= 4 is 5.97 Å². The molecule has 120 valence electrons. The molecule has 1 saturated heterocycles. The number of rotatable bonds is 6. The quantitative estimate of drug-likeness (QED) is 0.861. The number of carboxylic acids is 1. The molecular weight excluding hydrogens is 290 g/mol. The number of benzene rings is 2. The Morgan fingerprint density at radius 2 is 1.87 bits per heavy atom. The molecule has 2 aromatic rings. The van der Waals surface area contributed by atoms with Crippen LogP contribution in [0.15, 0.2) is 54.6 Å². The summed E-state index contributed by atoms with van der Waals surface area (Å²) in [6.45, 7) is 2.10. The van der Waals surface area contributed by atoms with Crippen LogP contribution in [0.4, 0.5) is 0 Å². The van der Waals surface area contributed by atoms with Crippen LogP contribution in [0.5, 0.6) is 5.75 Å². The van der Waals surface area contributed by atoms with E-state index in [0.717, 1.165) is 29.8 Å². The molecule has 2 N–H and O–H groups in total. The fourth-order valence-electron chi connectivity index (χ4n) is 3.18. The zero-order valence-corrected chi connectivity index (χ0v) is 13.0. The largest absolute Gasteiger partial charge is 0.489 e. The minimum atomic E-state index is -0.752. The highest BCUT2D eigenvalue weighted by Gasteiger charge is 2.37. The molecule has 4 nitrogen and oxygen atoms in total. The summed E-state index contributed by atoms with van der Waals surface area (Å²) in [6.07, 6.45) is 1.01. The third-order valence-electron chi connectivity index (χ3n) is 4.45. The van der Waals surface area contributed by atoms with E-state index in [1.165, 1.54) is 0 Å². The summed E-state index contributed by atoms with van der Waals surface area (Å²) in [5, 5.41) is 12.5. The van der Waals surface area contributed by atoms with Crippen molar-refractivity contribution in [3.8, 4) is 5.75 Å². The first-order valence-corrected chi connectivity index (χ1v) is 7.88. The van der Waals surface area contributed by atoms with E-state index in [0.29, 0.717) is 13.2 Å². The third-order valence-corrected chi connectivity index (χ3v) is 4.45. The Morgan fingerprint density at radius 3 is 2.48 bits per heavy atom. The SMILES string of the molecule is O=C(O)CC1(c2ccc(OCc3ccccc3)cc2)CCNC1. The first kappa shape index (κ1) is 15.6. The van der Waals surface area contributed by atoms with Gasteiger partial charge in [-0.1, -0.05) is 42.5 Å². The van der Waals surface area contributed by atoms with E-state index < -0.39 is 5.97 Å². The van der Waals surface area contributed by atoms with Crippen LogP contribution in [0.25, 0.3) is 0 Å². The van der Waals surface area contributed by atoms with Crippen LogP contribution < -0.4 is 10.1 Å². The lowest BCUT2D eigenvalue weighted by Crippen LogP contribution is -2.31. The Hall–Kier alpha value is -2.33. The Balaban J connectivity index is 1.69. The van der Waals surface area contributed by atoms with E-state index in [4.69, 9.17) is 4.74 Å². The predicted octanol–water partition coefficient (Wildman–Crippen LogP) is 2.97. The van der Waals surface area contributed by atoms with Crippen LogP contribution in [-0.4, -0.2) is 24.2 Å². The van der Waals surface area contributed by atoms with E-state index in [1.807, 2.05) is 54.6 Å². The van der Waals surface area contributed by atoms with Crippen molar-refractivity contribution in [1.29, 1.82) is 0 Å². The van der Waals surface area contributed by atoms with Crippen molar-refractivity contribution in [2.45, 2.75) is 24.9 Å². The van der Waals surface area contributed by atoms with Gasteiger partial charge >= 0.3 is 5.97 Å². The molecule has 0 radical (unpaired) electrons.